The van der Waals surface area contributed by atoms with Crippen LogP contribution in [0, 0.1) is 6.92 Å². The number of hydrogen-bond acceptors (Lipinski definition) is 7. The standard InChI is InChI=1S/C24H24N8O/c1-4-32-9-5-8-24(32)17-10-15(6-7-18(17)29-23(24)33)19-20-22(28-13-27-19)31(3)21(30-20)16-11-25-14(2)26-12-16/h6-7,10-13H,4-5,8-9H2,1-3H3,(H,29,33)/t24-/m1/s1. The SMILES string of the molecule is CCN1CCC[C@@]12C(=O)Nc1ccc(-c3ncnc4c3nc(-c3cnc(C)nc3)n4C)cc12. The molecule has 2 aliphatic rings. The molecule has 3 aromatic heterocycles. The molecular weight excluding hydrogens is 416 g/mol. The van der Waals surface area contributed by atoms with Crippen molar-refractivity contribution >= 4 is 22.8 Å². The fraction of sp³-hybridized carbons (Fsp3) is 0.333. The van der Waals surface area contributed by atoms with Gasteiger partial charge in [-0.2, -0.15) is 0 Å². The third-order valence-corrected chi connectivity index (χ3v) is 6.95. The Balaban J connectivity index is 1.52. The Bertz CT molecular complexity index is 1410. The van der Waals surface area contributed by atoms with E-state index in [2.05, 4.69) is 43.1 Å². The normalized spacial score (nSPS) is 20.0. The molecule has 33 heavy (non-hydrogen) atoms. The van der Waals surface area contributed by atoms with Crippen molar-refractivity contribution in [2.24, 2.45) is 7.05 Å². The maximum Gasteiger partial charge on any atom is 0.249 e. The van der Waals surface area contributed by atoms with Crippen LogP contribution in [0.15, 0.2) is 36.9 Å². The van der Waals surface area contributed by atoms with Crippen LogP contribution in [0.5, 0.6) is 0 Å². The molecule has 0 radical (unpaired) electrons. The number of hydrogen-bond donors (Lipinski definition) is 1. The predicted molar refractivity (Wildman–Crippen MR) is 124 cm³/mol. The van der Waals surface area contributed by atoms with E-state index in [1.54, 1.807) is 18.7 Å². The molecular formula is C24H24N8O. The maximum atomic E-state index is 13.1. The summed E-state index contributed by atoms with van der Waals surface area (Å²) in [5, 5.41) is 3.10. The van der Waals surface area contributed by atoms with Gasteiger partial charge in [-0.05, 0) is 45.0 Å². The molecule has 4 aromatic rings. The second kappa shape index (κ2) is 7.14. The molecule has 2 aliphatic heterocycles. The van der Waals surface area contributed by atoms with Gasteiger partial charge in [-0.1, -0.05) is 13.0 Å². The number of carbonyl (C=O) groups is 1. The van der Waals surface area contributed by atoms with Crippen molar-refractivity contribution in [3.8, 4) is 22.6 Å². The van der Waals surface area contributed by atoms with Crippen LogP contribution in [0.1, 0.15) is 31.2 Å². The van der Waals surface area contributed by atoms with Gasteiger partial charge in [-0.15, -0.1) is 0 Å². The highest BCUT2D eigenvalue weighted by atomic mass is 16.2. The maximum absolute atomic E-state index is 13.1. The number of likely N-dealkylation sites (N-methyl/N-ethyl adjacent to an activating group) is 1. The number of rotatable bonds is 3. The summed E-state index contributed by atoms with van der Waals surface area (Å²) in [6.07, 6.45) is 6.93. The van der Waals surface area contributed by atoms with Gasteiger partial charge in [0.25, 0.3) is 0 Å². The third-order valence-electron chi connectivity index (χ3n) is 6.95. The summed E-state index contributed by atoms with van der Waals surface area (Å²) in [6, 6.07) is 6.08. The number of nitrogens with zero attached hydrogens (tertiary/aromatic N) is 7. The number of likely N-dealkylation sites (tertiary alicyclic amines) is 1. The number of aromatic nitrogens is 6. The number of imidazole rings is 1. The molecule has 1 aromatic carbocycles. The Morgan fingerprint density at radius 1 is 1.12 bits per heavy atom. The molecule has 1 spiro atoms. The fourth-order valence-electron chi connectivity index (χ4n) is 5.33. The van der Waals surface area contributed by atoms with Crippen LogP contribution in [0.2, 0.25) is 0 Å². The molecule has 9 heteroatoms. The van der Waals surface area contributed by atoms with E-state index in [4.69, 9.17) is 4.98 Å². The van der Waals surface area contributed by atoms with Crippen molar-refractivity contribution in [3.05, 3.63) is 48.3 Å². The molecule has 166 valence electrons. The van der Waals surface area contributed by atoms with Gasteiger partial charge in [0.1, 0.15) is 34.7 Å². The Labute approximate surface area is 190 Å². The Morgan fingerprint density at radius 2 is 1.94 bits per heavy atom. The number of fused-ring (bicyclic) bond motifs is 3. The molecule has 1 atom stereocenters. The van der Waals surface area contributed by atoms with Gasteiger partial charge in [0.05, 0.1) is 5.56 Å². The molecule has 0 bridgehead atoms. The lowest BCUT2D eigenvalue weighted by molar-refractivity contribution is -0.126. The monoisotopic (exact) mass is 440 g/mol. The van der Waals surface area contributed by atoms with Crippen LogP contribution in [0.3, 0.4) is 0 Å². The van der Waals surface area contributed by atoms with Gasteiger partial charge in [0.15, 0.2) is 5.65 Å². The van der Waals surface area contributed by atoms with Crippen molar-refractivity contribution in [3.63, 3.8) is 0 Å². The van der Waals surface area contributed by atoms with E-state index in [1.807, 2.05) is 30.7 Å². The summed E-state index contributed by atoms with van der Waals surface area (Å²) >= 11 is 0. The van der Waals surface area contributed by atoms with E-state index in [9.17, 15) is 4.79 Å². The molecule has 5 heterocycles. The van der Waals surface area contributed by atoms with Crippen molar-refractivity contribution in [1.29, 1.82) is 0 Å². The van der Waals surface area contributed by atoms with Crippen LogP contribution in [-0.2, 0) is 17.4 Å². The molecule has 1 N–H and O–H groups in total. The minimum Gasteiger partial charge on any atom is -0.324 e. The number of amides is 1. The zero-order valence-electron chi connectivity index (χ0n) is 18.8. The van der Waals surface area contributed by atoms with Crippen molar-refractivity contribution < 1.29 is 4.79 Å². The summed E-state index contributed by atoms with van der Waals surface area (Å²) in [4.78, 5) is 38.0. The van der Waals surface area contributed by atoms with Crippen LogP contribution >= 0.6 is 0 Å². The summed E-state index contributed by atoms with van der Waals surface area (Å²) in [5.74, 6) is 1.51. The minimum absolute atomic E-state index is 0.0707. The lowest BCUT2D eigenvalue weighted by atomic mass is 9.87. The van der Waals surface area contributed by atoms with Gasteiger partial charge < -0.3 is 9.88 Å². The molecule has 1 amide bonds. The number of anilines is 1. The fourth-order valence-corrected chi connectivity index (χ4v) is 5.33. The largest absolute Gasteiger partial charge is 0.324 e. The van der Waals surface area contributed by atoms with Gasteiger partial charge in [-0.25, -0.2) is 24.9 Å². The van der Waals surface area contributed by atoms with Gasteiger partial charge in [0, 0.05) is 36.3 Å². The highest BCUT2D eigenvalue weighted by Crippen LogP contribution is 2.48. The Morgan fingerprint density at radius 3 is 2.73 bits per heavy atom. The Hall–Kier alpha value is -3.72. The predicted octanol–water partition coefficient (Wildman–Crippen LogP) is 3.06. The number of nitrogens with one attached hydrogen (secondary N) is 1. The zero-order valence-corrected chi connectivity index (χ0v) is 18.8. The van der Waals surface area contributed by atoms with Crippen LogP contribution in [0.4, 0.5) is 5.69 Å². The first-order valence-electron chi connectivity index (χ1n) is 11.2. The first kappa shape index (κ1) is 19.9. The third kappa shape index (κ3) is 2.75. The van der Waals surface area contributed by atoms with Crippen molar-refractivity contribution in [1.82, 2.24) is 34.4 Å². The lowest BCUT2D eigenvalue weighted by Gasteiger charge is -2.32. The highest BCUT2D eigenvalue weighted by molar-refractivity contribution is 6.07. The highest BCUT2D eigenvalue weighted by Gasteiger charge is 2.53. The second-order valence-corrected chi connectivity index (χ2v) is 8.67. The van der Waals surface area contributed by atoms with Crippen molar-refractivity contribution in [2.75, 3.05) is 18.4 Å². The molecule has 9 nitrogen and oxygen atoms in total. The second-order valence-electron chi connectivity index (χ2n) is 8.67. The van der Waals surface area contributed by atoms with Crippen LogP contribution in [0.25, 0.3) is 33.8 Å². The van der Waals surface area contributed by atoms with E-state index < -0.39 is 5.54 Å². The summed E-state index contributed by atoms with van der Waals surface area (Å²) < 4.78 is 1.93. The lowest BCUT2D eigenvalue weighted by Crippen LogP contribution is -2.46. The first-order valence-corrected chi connectivity index (χ1v) is 11.2. The summed E-state index contributed by atoms with van der Waals surface area (Å²) in [5.41, 5.74) is 5.24. The van der Waals surface area contributed by atoms with Gasteiger partial charge >= 0.3 is 0 Å². The average molecular weight is 441 g/mol. The van der Waals surface area contributed by atoms with Crippen LogP contribution in [-0.4, -0.2) is 53.4 Å². The smallest absolute Gasteiger partial charge is 0.249 e. The van der Waals surface area contributed by atoms with Crippen molar-refractivity contribution in [2.45, 2.75) is 32.2 Å². The van der Waals surface area contributed by atoms with E-state index in [1.165, 1.54) is 0 Å². The summed E-state index contributed by atoms with van der Waals surface area (Å²) in [7, 11) is 1.93. The van der Waals surface area contributed by atoms with E-state index in [-0.39, 0.29) is 5.91 Å². The van der Waals surface area contributed by atoms with Gasteiger partial charge in [0.2, 0.25) is 5.91 Å². The quantitative estimate of drug-likeness (QED) is 0.522. The van der Waals surface area contributed by atoms with E-state index in [0.717, 1.165) is 65.5 Å². The van der Waals surface area contributed by atoms with E-state index >= 15 is 0 Å². The van der Waals surface area contributed by atoms with Crippen LogP contribution < -0.4 is 5.32 Å². The number of carbonyl (C=O) groups excluding carboxylic acids is 1. The zero-order chi connectivity index (χ0) is 22.7. The molecule has 0 saturated carbocycles. The molecule has 1 saturated heterocycles. The first-order chi connectivity index (χ1) is 16.0. The average Bonchev–Trinajstić information content (AvgIpc) is 3.49. The van der Waals surface area contributed by atoms with Gasteiger partial charge in [-0.3, -0.25) is 9.69 Å². The minimum atomic E-state index is -0.596. The number of benzene rings is 1. The topological polar surface area (TPSA) is 102 Å². The summed E-state index contributed by atoms with van der Waals surface area (Å²) in [6.45, 7) is 5.72. The molecule has 0 unspecified atom stereocenters. The number of aryl methyl sites for hydroxylation is 2. The van der Waals surface area contributed by atoms with E-state index in [0.29, 0.717) is 11.3 Å². The molecule has 0 aliphatic carbocycles. The Kier molecular flexibility index (Phi) is 4.31. The molecule has 6 rings (SSSR count). The molecule has 1 fully saturated rings.